The quantitative estimate of drug-likeness (QED) is 0.880. The van der Waals surface area contributed by atoms with Gasteiger partial charge in [0.05, 0.1) is 11.5 Å². The number of hydrogen-bond acceptors (Lipinski definition) is 5. The first-order chi connectivity index (χ1) is 8.94. The molecule has 0 aromatic carbocycles. The minimum Gasteiger partial charge on any atom is -0.349 e. The average molecular weight is 287 g/mol. The van der Waals surface area contributed by atoms with Crippen molar-refractivity contribution in [2.75, 3.05) is 30.0 Å². The minimum atomic E-state index is -3.01. The van der Waals surface area contributed by atoms with Crippen LogP contribution >= 0.6 is 0 Å². The second kappa shape index (κ2) is 5.42. The summed E-state index contributed by atoms with van der Waals surface area (Å²) in [6.45, 7) is 2.49. The number of nitrogens with zero attached hydrogens (tertiary/aromatic N) is 2. The van der Waals surface area contributed by atoms with E-state index >= 15 is 0 Å². The molecule has 0 aliphatic carbocycles. The third kappa shape index (κ3) is 3.03. The van der Waals surface area contributed by atoms with E-state index in [1.54, 1.807) is 31.1 Å². The predicted molar refractivity (Wildman–Crippen MR) is 72.4 cm³/mol. The molecule has 1 unspecified atom stereocenters. The monoisotopic (exact) mass is 287 g/mol. The summed E-state index contributed by atoms with van der Waals surface area (Å²) in [6.07, 6.45) is 1.56. The summed E-state index contributed by atoms with van der Waals surface area (Å²) >= 11 is 0. The molecule has 5 nitrogen and oxygen atoms in total. The van der Waals surface area contributed by atoms with Crippen molar-refractivity contribution >= 4 is 15.7 Å². The molecular weight excluding hydrogens is 269 g/mol. The summed E-state index contributed by atoms with van der Waals surface area (Å²) in [5.74, 6) is -0.0304. The highest BCUT2D eigenvalue weighted by Gasteiger charge is 2.30. The minimum absolute atomic E-state index is 0.0460. The normalized spacial score (nSPS) is 22.5. The summed E-state index contributed by atoms with van der Waals surface area (Å²) in [7, 11) is -1.26. The van der Waals surface area contributed by atoms with Gasteiger partial charge in [0.25, 0.3) is 0 Å². The standard InChI is InChI=1S/C12H18FN3O2S/c1-9-8-19(17,18)6-5-16(9)12-11(13)10(7-14-2)3-4-15-12/h3-4,9,14H,5-8H2,1-2H3. The Labute approximate surface area is 112 Å². The summed E-state index contributed by atoms with van der Waals surface area (Å²) in [6, 6.07) is 1.37. The van der Waals surface area contributed by atoms with Gasteiger partial charge in [0.1, 0.15) is 0 Å². The zero-order valence-electron chi connectivity index (χ0n) is 11.1. The molecule has 7 heteroatoms. The van der Waals surface area contributed by atoms with Crippen LogP contribution in [-0.2, 0) is 16.4 Å². The lowest BCUT2D eigenvalue weighted by Crippen LogP contribution is -2.47. The zero-order chi connectivity index (χ0) is 14.0. The highest BCUT2D eigenvalue weighted by Crippen LogP contribution is 2.24. The number of aromatic nitrogens is 1. The first-order valence-corrected chi connectivity index (χ1v) is 8.02. The highest BCUT2D eigenvalue weighted by molar-refractivity contribution is 7.91. The van der Waals surface area contributed by atoms with E-state index in [0.29, 0.717) is 12.1 Å². The van der Waals surface area contributed by atoms with E-state index in [1.165, 1.54) is 0 Å². The van der Waals surface area contributed by atoms with E-state index in [4.69, 9.17) is 0 Å². The first kappa shape index (κ1) is 14.2. The van der Waals surface area contributed by atoms with E-state index in [0.717, 1.165) is 0 Å². The summed E-state index contributed by atoms with van der Waals surface area (Å²) < 4.78 is 37.4. The molecule has 19 heavy (non-hydrogen) atoms. The van der Waals surface area contributed by atoms with Crippen LogP contribution < -0.4 is 10.2 Å². The molecular formula is C12H18FN3O2S. The number of rotatable bonds is 3. The number of sulfone groups is 1. The number of pyridine rings is 1. The van der Waals surface area contributed by atoms with Crippen LogP contribution in [0.4, 0.5) is 10.2 Å². The van der Waals surface area contributed by atoms with Crippen molar-refractivity contribution in [3.63, 3.8) is 0 Å². The van der Waals surface area contributed by atoms with Crippen LogP contribution in [0.15, 0.2) is 12.3 Å². The number of anilines is 1. The second-order valence-electron chi connectivity index (χ2n) is 4.79. The molecule has 1 aromatic heterocycles. The molecule has 1 aliphatic rings. The number of halogens is 1. The Morgan fingerprint density at radius 3 is 2.95 bits per heavy atom. The van der Waals surface area contributed by atoms with Gasteiger partial charge in [-0.15, -0.1) is 0 Å². The summed E-state index contributed by atoms with van der Waals surface area (Å²) in [5.41, 5.74) is 0.535. The van der Waals surface area contributed by atoms with Gasteiger partial charge in [0.15, 0.2) is 21.5 Å². The lowest BCUT2D eigenvalue weighted by molar-refractivity contribution is 0.549. The smallest absolute Gasteiger partial charge is 0.170 e. The maximum absolute atomic E-state index is 14.3. The van der Waals surface area contributed by atoms with Crippen molar-refractivity contribution in [3.8, 4) is 0 Å². The molecule has 1 atom stereocenters. The Bertz CT molecular complexity index is 562. The van der Waals surface area contributed by atoms with Crippen LogP contribution in [0.2, 0.25) is 0 Å². The molecule has 0 spiro atoms. The third-order valence-electron chi connectivity index (χ3n) is 3.26. The Morgan fingerprint density at radius 1 is 1.58 bits per heavy atom. The molecule has 2 heterocycles. The third-order valence-corrected chi connectivity index (χ3v) is 5.06. The molecule has 106 valence electrons. The molecule has 1 N–H and O–H groups in total. The van der Waals surface area contributed by atoms with Crippen LogP contribution in [0.5, 0.6) is 0 Å². The molecule has 1 saturated heterocycles. The first-order valence-electron chi connectivity index (χ1n) is 6.19. The van der Waals surface area contributed by atoms with E-state index in [1.807, 2.05) is 0 Å². The predicted octanol–water partition coefficient (Wildman–Crippen LogP) is 0.563. The van der Waals surface area contributed by atoms with Gasteiger partial charge in [0.2, 0.25) is 0 Å². The Morgan fingerprint density at radius 2 is 2.32 bits per heavy atom. The van der Waals surface area contributed by atoms with Crippen LogP contribution in [0.25, 0.3) is 0 Å². The van der Waals surface area contributed by atoms with E-state index in [-0.39, 0.29) is 35.7 Å². The Hall–Kier alpha value is -1.21. The molecule has 0 bridgehead atoms. The van der Waals surface area contributed by atoms with Crippen molar-refractivity contribution in [1.29, 1.82) is 0 Å². The summed E-state index contributed by atoms with van der Waals surface area (Å²) in [4.78, 5) is 5.80. The molecule has 1 fully saturated rings. The molecule has 2 rings (SSSR count). The molecule has 0 radical (unpaired) electrons. The van der Waals surface area contributed by atoms with Gasteiger partial charge in [0, 0.05) is 30.9 Å². The van der Waals surface area contributed by atoms with Gasteiger partial charge < -0.3 is 10.2 Å². The SMILES string of the molecule is CNCc1ccnc(N2CCS(=O)(=O)CC2C)c1F. The fourth-order valence-corrected chi connectivity index (χ4v) is 3.87. The largest absolute Gasteiger partial charge is 0.349 e. The van der Waals surface area contributed by atoms with Crippen molar-refractivity contribution in [2.45, 2.75) is 19.5 Å². The van der Waals surface area contributed by atoms with Crippen LogP contribution in [0.3, 0.4) is 0 Å². The highest BCUT2D eigenvalue weighted by atomic mass is 32.2. The lowest BCUT2D eigenvalue weighted by Gasteiger charge is -2.34. The van der Waals surface area contributed by atoms with Crippen LogP contribution in [0.1, 0.15) is 12.5 Å². The zero-order valence-corrected chi connectivity index (χ0v) is 11.9. The van der Waals surface area contributed by atoms with Crippen molar-refractivity contribution < 1.29 is 12.8 Å². The molecule has 1 aromatic rings. The van der Waals surface area contributed by atoms with E-state index in [2.05, 4.69) is 10.3 Å². The maximum Gasteiger partial charge on any atom is 0.170 e. The van der Waals surface area contributed by atoms with Gasteiger partial charge in [-0.1, -0.05) is 0 Å². The second-order valence-corrected chi connectivity index (χ2v) is 7.02. The topological polar surface area (TPSA) is 62.3 Å². The van der Waals surface area contributed by atoms with Gasteiger partial charge in [-0.25, -0.2) is 17.8 Å². The van der Waals surface area contributed by atoms with Crippen LogP contribution in [0, 0.1) is 5.82 Å². The Balaban J connectivity index is 2.30. The molecule has 1 aliphatic heterocycles. The van der Waals surface area contributed by atoms with Crippen molar-refractivity contribution in [1.82, 2.24) is 10.3 Å². The lowest BCUT2D eigenvalue weighted by atomic mass is 10.2. The van der Waals surface area contributed by atoms with Gasteiger partial charge in [-0.05, 0) is 20.0 Å². The fourth-order valence-electron chi connectivity index (χ4n) is 2.31. The number of nitrogens with one attached hydrogen (secondary N) is 1. The van der Waals surface area contributed by atoms with Crippen LogP contribution in [-0.4, -0.2) is 44.5 Å². The van der Waals surface area contributed by atoms with Gasteiger partial charge in [-0.3, -0.25) is 0 Å². The molecule has 0 saturated carbocycles. The van der Waals surface area contributed by atoms with E-state index in [9.17, 15) is 12.8 Å². The van der Waals surface area contributed by atoms with Crippen molar-refractivity contribution in [3.05, 3.63) is 23.6 Å². The average Bonchev–Trinajstić information content (AvgIpc) is 2.32. The summed E-state index contributed by atoms with van der Waals surface area (Å²) in [5, 5.41) is 2.90. The molecule has 0 amide bonds. The van der Waals surface area contributed by atoms with Crippen molar-refractivity contribution in [2.24, 2.45) is 0 Å². The van der Waals surface area contributed by atoms with Gasteiger partial charge >= 0.3 is 0 Å². The Kier molecular flexibility index (Phi) is 4.05. The maximum atomic E-state index is 14.3. The van der Waals surface area contributed by atoms with Gasteiger partial charge in [-0.2, -0.15) is 0 Å². The fraction of sp³-hybridized carbons (Fsp3) is 0.583. The van der Waals surface area contributed by atoms with E-state index < -0.39 is 9.84 Å². The number of hydrogen-bond donors (Lipinski definition) is 1.